The quantitative estimate of drug-likeness (QED) is 0.743. The van der Waals surface area contributed by atoms with Gasteiger partial charge in [-0.3, -0.25) is 0 Å². The van der Waals surface area contributed by atoms with E-state index in [2.05, 4.69) is 5.32 Å². The molecule has 0 fully saturated rings. The van der Waals surface area contributed by atoms with Crippen LogP contribution in [-0.4, -0.2) is 31.4 Å². The first-order valence-corrected chi connectivity index (χ1v) is 5.23. The second-order valence-electron chi connectivity index (χ2n) is 3.60. The molecule has 0 heterocycles. The lowest BCUT2D eigenvalue weighted by molar-refractivity contribution is -0.00139. The molecule has 0 aliphatic heterocycles. The van der Waals surface area contributed by atoms with E-state index in [1.54, 1.807) is 0 Å². The molecule has 1 rings (SSSR count). The molecule has 2 N–H and O–H groups in total. The molecule has 2 unspecified atom stereocenters. The van der Waals surface area contributed by atoms with Crippen LogP contribution in [0.2, 0.25) is 0 Å². The molecule has 1 aromatic rings. The average molecular weight is 209 g/mol. The van der Waals surface area contributed by atoms with Gasteiger partial charge in [-0.05, 0) is 19.5 Å². The maximum Gasteiger partial charge on any atom is 0.0897 e. The minimum atomic E-state index is -0.443. The summed E-state index contributed by atoms with van der Waals surface area (Å²) < 4.78 is 5.55. The van der Waals surface area contributed by atoms with E-state index in [-0.39, 0.29) is 6.10 Å². The van der Waals surface area contributed by atoms with E-state index in [0.717, 1.165) is 5.56 Å². The highest BCUT2D eigenvalue weighted by atomic mass is 16.5. The van der Waals surface area contributed by atoms with Crippen LogP contribution in [0.15, 0.2) is 30.3 Å². The minimum Gasteiger partial charge on any atom is -0.389 e. The van der Waals surface area contributed by atoms with Gasteiger partial charge in [0.2, 0.25) is 0 Å². The SMILES string of the molecule is CNCC(O)COC(C)c1ccccc1. The van der Waals surface area contributed by atoms with E-state index < -0.39 is 6.10 Å². The van der Waals surface area contributed by atoms with Crippen molar-refractivity contribution in [2.75, 3.05) is 20.2 Å². The molecule has 0 aliphatic carbocycles. The number of nitrogens with one attached hydrogen (secondary N) is 1. The van der Waals surface area contributed by atoms with Crippen LogP contribution in [0.5, 0.6) is 0 Å². The zero-order valence-electron chi connectivity index (χ0n) is 9.31. The lowest BCUT2D eigenvalue weighted by Gasteiger charge is -2.16. The number of hydrogen-bond donors (Lipinski definition) is 2. The van der Waals surface area contributed by atoms with Crippen molar-refractivity contribution in [1.82, 2.24) is 5.32 Å². The Morgan fingerprint density at radius 1 is 1.33 bits per heavy atom. The van der Waals surface area contributed by atoms with Gasteiger partial charge in [0, 0.05) is 6.54 Å². The van der Waals surface area contributed by atoms with Gasteiger partial charge in [0.25, 0.3) is 0 Å². The van der Waals surface area contributed by atoms with Crippen molar-refractivity contribution < 1.29 is 9.84 Å². The Morgan fingerprint density at radius 2 is 2.00 bits per heavy atom. The molecule has 2 atom stereocenters. The number of rotatable bonds is 6. The number of benzene rings is 1. The predicted molar refractivity (Wildman–Crippen MR) is 60.7 cm³/mol. The lowest BCUT2D eigenvalue weighted by atomic mass is 10.1. The normalized spacial score (nSPS) is 14.9. The zero-order chi connectivity index (χ0) is 11.1. The fourth-order valence-electron chi connectivity index (χ4n) is 1.37. The van der Waals surface area contributed by atoms with E-state index in [1.165, 1.54) is 0 Å². The van der Waals surface area contributed by atoms with Crippen molar-refractivity contribution in [3.8, 4) is 0 Å². The third-order valence-electron chi connectivity index (χ3n) is 2.25. The number of aliphatic hydroxyl groups is 1. The van der Waals surface area contributed by atoms with Crippen LogP contribution in [0.1, 0.15) is 18.6 Å². The Labute approximate surface area is 91.1 Å². The van der Waals surface area contributed by atoms with Gasteiger partial charge in [-0.1, -0.05) is 30.3 Å². The maximum absolute atomic E-state index is 9.46. The highest BCUT2D eigenvalue weighted by Gasteiger charge is 2.08. The second kappa shape index (κ2) is 6.56. The monoisotopic (exact) mass is 209 g/mol. The second-order valence-corrected chi connectivity index (χ2v) is 3.60. The fourth-order valence-corrected chi connectivity index (χ4v) is 1.37. The minimum absolute atomic E-state index is 0.0257. The van der Waals surface area contributed by atoms with Crippen molar-refractivity contribution in [2.45, 2.75) is 19.1 Å². The summed E-state index contributed by atoms with van der Waals surface area (Å²) in [5.41, 5.74) is 1.13. The largest absolute Gasteiger partial charge is 0.389 e. The molecule has 0 spiro atoms. The van der Waals surface area contributed by atoms with Gasteiger partial charge in [-0.15, -0.1) is 0 Å². The molecule has 0 saturated carbocycles. The Hall–Kier alpha value is -0.900. The molecule has 0 radical (unpaired) electrons. The van der Waals surface area contributed by atoms with E-state index >= 15 is 0 Å². The smallest absolute Gasteiger partial charge is 0.0897 e. The van der Waals surface area contributed by atoms with Crippen LogP contribution in [0.3, 0.4) is 0 Å². The first kappa shape index (κ1) is 12.2. The number of likely N-dealkylation sites (N-methyl/N-ethyl adjacent to an activating group) is 1. The van der Waals surface area contributed by atoms with Crippen LogP contribution in [-0.2, 0) is 4.74 Å². The van der Waals surface area contributed by atoms with Crippen LogP contribution in [0.25, 0.3) is 0 Å². The van der Waals surface area contributed by atoms with E-state index in [9.17, 15) is 5.11 Å². The first-order valence-electron chi connectivity index (χ1n) is 5.23. The van der Waals surface area contributed by atoms with Gasteiger partial charge in [0.15, 0.2) is 0 Å². The molecule has 0 bridgehead atoms. The molecule has 0 aromatic heterocycles. The van der Waals surface area contributed by atoms with Crippen molar-refractivity contribution >= 4 is 0 Å². The summed E-state index contributed by atoms with van der Waals surface area (Å²) in [6, 6.07) is 9.99. The number of hydrogen-bond acceptors (Lipinski definition) is 3. The molecule has 3 nitrogen and oxygen atoms in total. The lowest BCUT2D eigenvalue weighted by Crippen LogP contribution is -2.28. The van der Waals surface area contributed by atoms with Gasteiger partial charge in [-0.25, -0.2) is 0 Å². The standard InChI is InChI=1S/C12H19NO2/c1-10(11-6-4-3-5-7-11)15-9-12(14)8-13-2/h3-7,10,12-14H,8-9H2,1-2H3. The molecule has 0 amide bonds. The first-order chi connectivity index (χ1) is 7.24. The van der Waals surface area contributed by atoms with Crippen LogP contribution in [0, 0.1) is 0 Å². The maximum atomic E-state index is 9.46. The fraction of sp³-hybridized carbons (Fsp3) is 0.500. The van der Waals surface area contributed by atoms with Crippen molar-refractivity contribution in [3.63, 3.8) is 0 Å². The number of aliphatic hydroxyl groups excluding tert-OH is 1. The summed E-state index contributed by atoms with van der Waals surface area (Å²) in [5, 5.41) is 12.4. The molecule has 84 valence electrons. The molecular formula is C12H19NO2. The van der Waals surface area contributed by atoms with Crippen LogP contribution >= 0.6 is 0 Å². The third kappa shape index (κ3) is 4.42. The summed E-state index contributed by atoms with van der Waals surface area (Å²) in [6.45, 7) is 2.90. The summed E-state index contributed by atoms with van der Waals surface area (Å²) in [5.74, 6) is 0. The molecule has 0 saturated heterocycles. The van der Waals surface area contributed by atoms with E-state index in [4.69, 9.17) is 4.74 Å². The predicted octanol–water partition coefficient (Wildman–Crippen LogP) is 1.34. The van der Waals surface area contributed by atoms with Crippen molar-refractivity contribution in [3.05, 3.63) is 35.9 Å². The number of ether oxygens (including phenoxy) is 1. The summed E-state index contributed by atoms with van der Waals surface area (Å²) >= 11 is 0. The highest BCUT2D eigenvalue weighted by molar-refractivity contribution is 5.16. The Kier molecular flexibility index (Phi) is 5.32. The van der Waals surface area contributed by atoms with Gasteiger partial charge in [0.05, 0.1) is 18.8 Å². The molecular weight excluding hydrogens is 190 g/mol. The van der Waals surface area contributed by atoms with Crippen molar-refractivity contribution in [1.29, 1.82) is 0 Å². The van der Waals surface area contributed by atoms with Crippen LogP contribution < -0.4 is 5.32 Å². The summed E-state index contributed by atoms with van der Waals surface area (Å²) in [4.78, 5) is 0. The summed E-state index contributed by atoms with van der Waals surface area (Å²) in [7, 11) is 1.81. The molecule has 3 heteroatoms. The van der Waals surface area contributed by atoms with Gasteiger partial charge in [0.1, 0.15) is 0 Å². The topological polar surface area (TPSA) is 41.5 Å². The Morgan fingerprint density at radius 3 is 2.60 bits per heavy atom. The highest BCUT2D eigenvalue weighted by Crippen LogP contribution is 2.15. The van der Waals surface area contributed by atoms with Gasteiger partial charge in [-0.2, -0.15) is 0 Å². The average Bonchev–Trinajstić information content (AvgIpc) is 2.27. The van der Waals surface area contributed by atoms with Gasteiger partial charge < -0.3 is 15.2 Å². The van der Waals surface area contributed by atoms with E-state index in [0.29, 0.717) is 13.2 Å². The molecule has 1 aromatic carbocycles. The van der Waals surface area contributed by atoms with Crippen molar-refractivity contribution in [2.24, 2.45) is 0 Å². The van der Waals surface area contributed by atoms with E-state index in [1.807, 2.05) is 44.3 Å². The Balaban J connectivity index is 2.33. The van der Waals surface area contributed by atoms with Gasteiger partial charge >= 0.3 is 0 Å². The third-order valence-corrected chi connectivity index (χ3v) is 2.25. The molecule has 15 heavy (non-hydrogen) atoms. The summed E-state index contributed by atoms with van der Waals surface area (Å²) in [6.07, 6.45) is -0.418. The molecule has 0 aliphatic rings. The zero-order valence-corrected chi connectivity index (χ0v) is 9.31. The Bertz CT molecular complexity index is 264. The van der Waals surface area contributed by atoms with Crippen LogP contribution in [0.4, 0.5) is 0 Å².